The second-order valence-electron chi connectivity index (χ2n) is 9.22. The highest BCUT2D eigenvalue weighted by molar-refractivity contribution is 7.17. The Morgan fingerprint density at radius 1 is 1.21 bits per heavy atom. The van der Waals surface area contributed by atoms with E-state index >= 15 is 0 Å². The van der Waals surface area contributed by atoms with E-state index in [1.807, 2.05) is 52.5 Å². The smallest absolute Gasteiger partial charge is 0.242 e. The van der Waals surface area contributed by atoms with Gasteiger partial charge in [-0.25, -0.2) is 9.97 Å². The summed E-state index contributed by atoms with van der Waals surface area (Å²) < 4.78 is 9.09. The number of carbonyl (C=O) groups is 1. The van der Waals surface area contributed by atoms with Gasteiger partial charge in [0.05, 0.1) is 16.6 Å². The molecule has 0 aliphatic carbocycles. The number of nitrogens with two attached hydrogens (primary N) is 1. The van der Waals surface area contributed by atoms with Gasteiger partial charge in [0.1, 0.15) is 29.9 Å². The molecule has 3 aromatic heterocycles. The van der Waals surface area contributed by atoms with Crippen LogP contribution in [0.3, 0.4) is 0 Å². The predicted octanol–water partition coefficient (Wildman–Crippen LogP) is 4.76. The van der Waals surface area contributed by atoms with Crippen LogP contribution < -0.4 is 15.8 Å². The summed E-state index contributed by atoms with van der Waals surface area (Å²) in [6.07, 6.45) is 3.18. The Balaban J connectivity index is 1.22. The number of nitrogens with one attached hydrogen (secondary N) is 1. The molecular formula is C27H25ClN6O3S. The molecule has 5 aromatic rings. The Bertz CT molecular complexity index is 1640. The van der Waals surface area contributed by atoms with Gasteiger partial charge in [0.2, 0.25) is 5.91 Å². The number of hydrogen-bond donors (Lipinski definition) is 3. The SMILES string of the molecule is N[C@@H]1CN(C(=O)Cn2ccc3ncnc(Nc4ccc(Oc5cccc6sccc56)c(Cl)c4)c32)CC[C@H]1O. The summed E-state index contributed by atoms with van der Waals surface area (Å²) in [5.41, 5.74) is 8.08. The average molecular weight is 549 g/mol. The molecule has 4 N–H and O–H groups in total. The molecule has 0 saturated carbocycles. The van der Waals surface area contributed by atoms with Gasteiger partial charge in [-0.1, -0.05) is 17.7 Å². The maximum absolute atomic E-state index is 13.0. The number of nitrogens with zero attached hydrogens (tertiary/aromatic N) is 4. The predicted molar refractivity (Wildman–Crippen MR) is 149 cm³/mol. The minimum Gasteiger partial charge on any atom is -0.455 e. The van der Waals surface area contributed by atoms with E-state index in [9.17, 15) is 9.90 Å². The van der Waals surface area contributed by atoms with Gasteiger partial charge in [0.15, 0.2) is 5.82 Å². The lowest BCUT2D eigenvalue weighted by Crippen LogP contribution is -2.53. The lowest BCUT2D eigenvalue weighted by Gasteiger charge is -2.34. The van der Waals surface area contributed by atoms with E-state index in [-0.39, 0.29) is 12.5 Å². The standard InChI is InChI=1S/C27H25ClN6O3S/c28-18-12-16(4-5-23(18)37-22-2-1-3-24-17(22)8-11-38-24)32-27-26-20(30-15-31-27)6-9-34(26)14-25(36)33-10-7-21(35)19(29)13-33/h1-6,8-9,11-12,15,19,21,35H,7,10,13-14,29H2,(H,30,31,32)/t19-,21-/m1/s1. The van der Waals surface area contributed by atoms with Crippen molar-refractivity contribution >= 4 is 61.5 Å². The third-order valence-corrected chi connectivity index (χ3v) is 7.88. The molecule has 194 valence electrons. The van der Waals surface area contributed by atoms with Gasteiger partial charge < -0.3 is 30.4 Å². The second-order valence-corrected chi connectivity index (χ2v) is 10.6. The number of aromatic nitrogens is 3. The van der Waals surface area contributed by atoms with Crippen LogP contribution in [0.2, 0.25) is 5.02 Å². The van der Waals surface area contributed by atoms with Crippen LogP contribution in [0.1, 0.15) is 6.42 Å². The van der Waals surface area contributed by atoms with Crippen LogP contribution in [0.4, 0.5) is 11.5 Å². The van der Waals surface area contributed by atoms with Crippen molar-refractivity contribution in [2.24, 2.45) is 5.73 Å². The maximum atomic E-state index is 13.0. The number of carbonyl (C=O) groups excluding carboxylic acids is 1. The monoisotopic (exact) mass is 548 g/mol. The van der Waals surface area contributed by atoms with E-state index < -0.39 is 12.1 Å². The van der Waals surface area contributed by atoms with Crippen molar-refractivity contribution in [2.75, 3.05) is 18.4 Å². The molecule has 1 aliphatic heterocycles. The first kappa shape index (κ1) is 24.6. The lowest BCUT2D eigenvalue weighted by molar-refractivity contribution is -0.134. The van der Waals surface area contributed by atoms with Crippen LogP contribution in [-0.2, 0) is 11.3 Å². The van der Waals surface area contributed by atoms with E-state index in [1.165, 1.54) is 6.33 Å². The molecule has 0 spiro atoms. The number of likely N-dealkylation sites (tertiary alicyclic amines) is 1. The van der Waals surface area contributed by atoms with Crippen molar-refractivity contribution in [1.82, 2.24) is 19.4 Å². The number of rotatable bonds is 6. The topological polar surface area (TPSA) is 119 Å². The summed E-state index contributed by atoms with van der Waals surface area (Å²) in [6, 6.07) is 14.8. The van der Waals surface area contributed by atoms with Gasteiger partial charge in [-0.2, -0.15) is 0 Å². The number of fused-ring (bicyclic) bond motifs is 2. The molecule has 1 amide bonds. The van der Waals surface area contributed by atoms with Crippen molar-refractivity contribution in [3.05, 3.63) is 71.5 Å². The molecule has 2 aromatic carbocycles. The van der Waals surface area contributed by atoms with Crippen LogP contribution in [-0.4, -0.2) is 55.7 Å². The number of anilines is 2. The zero-order valence-electron chi connectivity index (χ0n) is 20.3. The van der Waals surface area contributed by atoms with E-state index in [4.69, 9.17) is 22.1 Å². The van der Waals surface area contributed by atoms with Gasteiger partial charge >= 0.3 is 0 Å². The molecule has 0 bridgehead atoms. The summed E-state index contributed by atoms with van der Waals surface area (Å²) >= 11 is 8.26. The fraction of sp³-hybridized carbons (Fsp3) is 0.222. The van der Waals surface area contributed by atoms with E-state index in [0.29, 0.717) is 52.8 Å². The Morgan fingerprint density at radius 2 is 2.11 bits per heavy atom. The van der Waals surface area contributed by atoms with Gasteiger partial charge in [-0.3, -0.25) is 4.79 Å². The molecule has 1 fully saturated rings. The van der Waals surface area contributed by atoms with Gasteiger partial charge in [-0.15, -0.1) is 11.3 Å². The minimum absolute atomic E-state index is 0.0789. The molecule has 1 aliphatic rings. The normalized spacial score (nSPS) is 17.7. The van der Waals surface area contributed by atoms with Gasteiger partial charge in [0.25, 0.3) is 0 Å². The number of amides is 1. The zero-order valence-corrected chi connectivity index (χ0v) is 21.8. The maximum Gasteiger partial charge on any atom is 0.242 e. The van der Waals surface area contributed by atoms with Crippen molar-refractivity contribution < 1.29 is 14.6 Å². The summed E-state index contributed by atoms with van der Waals surface area (Å²) in [6.45, 7) is 0.910. The number of hydrogen-bond acceptors (Lipinski definition) is 8. The van der Waals surface area contributed by atoms with Gasteiger partial charge in [-0.05, 0) is 54.3 Å². The first-order valence-corrected chi connectivity index (χ1v) is 13.4. The van der Waals surface area contributed by atoms with E-state index in [2.05, 4.69) is 21.4 Å². The van der Waals surface area contributed by atoms with Gasteiger partial charge in [0, 0.05) is 41.1 Å². The highest BCUT2D eigenvalue weighted by atomic mass is 35.5. The number of benzene rings is 2. The third-order valence-electron chi connectivity index (χ3n) is 6.70. The zero-order chi connectivity index (χ0) is 26.2. The molecule has 0 unspecified atom stereocenters. The van der Waals surface area contributed by atoms with Crippen molar-refractivity contribution in [1.29, 1.82) is 0 Å². The van der Waals surface area contributed by atoms with E-state index in [0.717, 1.165) is 15.8 Å². The first-order valence-electron chi connectivity index (χ1n) is 12.2. The Hall–Kier alpha value is -3.70. The van der Waals surface area contributed by atoms with Crippen LogP contribution >= 0.6 is 22.9 Å². The van der Waals surface area contributed by atoms with Crippen LogP contribution in [0.25, 0.3) is 21.1 Å². The summed E-state index contributed by atoms with van der Waals surface area (Å²) in [7, 11) is 0. The van der Waals surface area contributed by atoms with Crippen molar-refractivity contribution in [2.45, 2.75) is 25.1 Å². The second kappa shape index (κ2) is 10.2. The summed E-state index contributed by atoms with van der Waals surface area (Å²) in [4.78, 5) is 23.5. The molecule has 1 saturated heterocycles. The third kappa shape index (κ3) is 4.79. The molecular weight excluding hydrogens is 524 g/mol. The van der Waals surface area contributed by atoms with Crippen LogP contribution in [0, 0.1) is 0 Å². The number of aliphatic hydroxyl groups excluding tert-OH is 1. The molecule has 38 heavy (non-hydrogen) atoms. The molecule has 9 nitrogen and oxygen atoms in total. The van der Waals surface area contributed by atoms with E-state index in [1.54, 1.807) is 22.3 Å². The molecule has 11 heteroatoms. The Morgan fingerprint density at radius 3 is 2.95 bits per heavy atom. The molecule has 0 radical (unpaired) electrons. The number of halogens is 1. The molecule has 6 rings (SSSR count). The fourth-order valence-corrected chi connectivity index (χ4v) is 5.69. The Kier molecular flexibility index (Phi) is 6.62. The van der Waals surface area contributed by atoms with Crippen molar-refractivity contribution in [3.8, 4) is 11.5 Å². The minimum atomic E-state index is -0.580. The molecule has 2 atom stereocenters. The van der Waals surface area contributed by atoms with Crippen LogP contribution in [0.5, 0.6) is 11.5 Å². The number of thiophene rings is 1. The lowest BCUT2D eigenvalue weighted by atomic mass is 10.0. The quantitative estimate of drug-likeness (QED) is 0.280. The Labute approximate surface area is 227 Å². The highest BCUT2D eigenvalue weighted by Crippen LogP contribution is 2.37. The van der Waals surface area contributed by atoms with Crippen molar-refractivity contribution in [3.63, 3.8) is 0 Å². The van der Waals surface area contributed by atoms with Crippen LogP contribution in [0.15, 0.2) is 66.4 Å². The number of ether oxygens (including phenoxy) is 1. The summed E-state index contributed by atoms with van der Waals surface area (Å²) in [5.74, 6) is 1.76. The number of aliphatic hydroxyl groups is 1. The summed E-state index contributed by atoms with van der Waals surface area (Å²) in [5, 5.41) is 16.7. The first-order chi connectivity index (χ1) is 18.5. The largest absolute Gasteiger partial charge is 0.455 e. The highest BCUT2D eigenvalue weighted by Gasteiger charge is 2.28. The molecule has 4 heterocycles. The fourth-order valence-electron chi connectivity index (χ4n) is 4.67. The number of piperidine rings is 1. The average Bonchev–Trinajstić information content (AvgIpc) is 3.56.